The highest BCUT2D eigenvalue weighted by atomic mass is 16.5. The van der Waals surface area contributed by atoms with Crippen molar-refractivity contribution in [3.63, 3.8) is 0 Å². The minimum atomic E-state index is -0.179. The fraction of sp³-hybridized carbons (Fsp3) is 0.824. The molecule has 3 unspecified atom stereocenters. The van der Waals surface area contributed by atoms with Crippen LogP contribution < -0.4 is 5.32 Å². The van der Waals surface area contributed by atoms with Gasteiger partial charge in [-0.25, -0.2) is 0 Å². The quantitative estimate of drug-likeness (QED) is 0.599. The third-order valence-corrected chi connectivity index (χ3v) is 5.33. The monoisotopic (exact) mass is 279 g/mol. The zero-order valence-corrected chi connectivity index (χ0v) is 13.5. The third kappa shape index (κ3) is 2.93. The Bertz CT molecular complexity index is 398. The van der Waals surface area contributed by atoms with Crippen LogP contribution in [0.5, 0.6) is 0 Å². The van der Waals surface area contributed by atoms with Crippen LogP contribution in [-0.2, 0) is 9.53 Å². The van der Waals surface area contributed by atoms with Crippen LogP contribution >= 0.6 is 0 Å². The van der Waals surface area contributed by atoms with Crippen LogP contribution in [0, 0.1) is 23.2 Å². The summed E-state index contributed by atoms with van der Waals surface area (Å²) in [6.07, 6.45) is 5.75. The largest absolute Gasteiger partial charge is 0.468 e. The number of esters is 1. The second-order valence-corrected chi connectivity index (χ2v) is 7.41. The third-order valence-electron chi connectivity index (χ3n) is 5.33. The van der Waals surface area contributed by atoms with Crippen LogP contribution in [0.2, 0.25) is 0 Å². The van der Waals surface area contributed by atoms with E-state index < -0.39 is 0 Å². The lowest BCUT2D eigenvalue weighted by molar-refractivity contribution is -0.143. The normalized spacial score (nSPS) is 28.6. The van der Waals surface area contributed by atoms with E-state index in [9.17, 15) is 4.79 Å². The molecule has 3 rings (SSSR count). The molecule has 0 aromatic carbocycles. The molecule has 3 atom stereocenters. The van der Waals surface area contributed by atoms with Gasteiger partial charge in [0.15, 0.2) is 0 Å². The standard InChI is InChI=1S/C17H29NO2/c1-11(2)8-15(16(19)20-5)18-10-12-6-7-13-9-14(12)17(13,3)4/h6,11,13-15,18H,7-10H2,1-5H3. The molecule has 0 aliphatic heterocycles. The molecule has 1 fully saturated rings. The van der Waals surface area contributed by atoms with Gasteiger partial charge in [-0.2, -0.15) is 0 Å². The van der Waals surface area contributed by atoms with Crippen molar-refractivity contribution in [3.8, 4) is 0 Å². The molecule has 20 heavy (non-hydrogen) atoms. The van der Waals surface area contributed by atoms with Gasteiger partial charge in [-0.1, -0.05) is 39.3 Å². The van der Waals surface area contributed by atoms with Gasteiger partial charge in [0, 0.05) is 6.54 Å². The van der Waals surface area contributed by atoms with Gasteiger partial charge in [0.05, 0.1) is 7.11 Å². The molecule has 0 amide bonds. The molecular weight excluding hydrogens is 250 g/mol. The van der Waals surface area contributed by atoms with Crippen molar-refractivity contribution in [1.82, 2.24) is 5.32 Å². The van der Waals surface area contributed by atoms with Crippen molar-refractivity contribution in [1.29, 1.82) is 0 Å². The Morgan fingerprint density at radius 3 is 2.70 bits per heavy atom. The Labute approximate surface area is 123 Å². The summed E-state index contributed by atoms with van der Waals surface area (Å²) in [5.41, 5.74) is 1.94. The Hall–Kier alpha value is -0.830. The van der Waals surface area contributed by atoms with Gasteiger partial charge in [-0.05, 0) is 42.4 Å². The fourth-order valence-electron chi connectivity index (χ4n) is 3.79. The van der Waals surface area contributed by atoms with E-state index in [1.165, 1.54) is 25.5 Å². The zero-order chi connectivity index (χ0) is 14.9. The van der Waals surface area contributed by atoms with Crippen molar-refractivity contribution in [2.75, 3.05) is 13.7 Å². The topological polar surface area (TPSA) is 38.3 Å². The molecule has 0 aromatic rings. The first-order chi connectivity index (χ1) is 9.36. The van der Waals surface area contributed by atoms with Gasteiger partial charge in [-0.15, -0.1) is 0 Å². The second kappa shape index (κ2) is 5.88. The summed E-state index contributed by atoms with van der Waals surface area (Å²) in [6.45, 7) is 9.86. The Morgan fingerprint density at radius 2 is 2.20 bits per heavy atom. The van der Waals surface area contributed by atoms with E-state index >= 15 is 0 Å². The summed E-state index contributed by atoms with van der Waals surface area (Å²) in [5.74, 6) is 1.91. The maximum atomic E-state index is 11.8. The molecule has 1 N–H and O–H groups in total. The first-order valence-electron chi connectivity index (χ1n) is 7.86. The molecule has 1 saturated carbocycles. The lowest BCUT2D eigenvalue weighted by Crippen LogP contribution is -2.50. The highest BCUT2D eigenvalue weighted by Gasteiger charge is 2.50. The molecule has 0 saturated heterocycles. The summed E-state index contributed by atoms with van der Waals surface area (Å²) < 4.78 is 4.91. The highest BCUT2D eigenvalue weighted by molar-refractivity contribution is 5.75. The molecule has 0 spiro atoms. The van der Waals surface area contributed by atoms with Gasteiger partial charge in [0.2, 0.25) is 0 Å². The molecule has 3 nitrogen and oxygen atoms in total. The average molecular weight is 279 g/mol. The smallest absolute Gasteiger partial charge is 0.322 e. The summed E-state index contributed by atoms with van der Waals surface area (Å²) >= 11 is 0. The van der Waals surface area contributed by atoms with Crippen molar-refractivity contribution < 1.29 is 9.53 Å². The van der Waals surface area contributed by atoms with Gasteiger partial charge >= 0.3 is 5.97 Å². The second-order valence-electron chi connectivity index (χ2n) is 7.41. The molecular formula is C17H29NO2. The first kappa shape index (κ1) is 15.6. The molecule has 3 aliphatic carbocycles. The number of ether oxygens (including phenoxy) is 1. The van der Waals surface area contributed by atoms with Crippen LogP contribution in [0.3, 0.4) is 0 Å². The van der Waals surface area contributed by atoms with Crippen molar-refractivity contribution >= 4 is 5.97 Å². The van der Waals surface area contributed by atoms with Crippen LogP contribution in [0.1, 0.15) is 47.0 Å². The number of carbonyl (C=O) groups excluding carboxylic acids is 1. The van der Waals surface area contributed by atoms with Crippen LogP contribution in [0.4, 0.5) is 0 Å². The Kier molecular flexibility index (Phi) is 4.58. The van der Waals surface area contributed by atoms with Crippen LogP contribution in [-0.4, -0.2) is 25.7 Å². The lowest BCUT2D eigenvalue weighted by atomic mass is 9.49. The zero-order valence-electron chi connectivity index (χ0n) is 13.5. The van der Waals surface area contributed by atoms with Gasteiger partial charge < -0.3 is 10.1 Å². The number of nitrogens with one attached hydrogen (secondary N) is 1. The van der Waals surface area contributed by atoms with E-state index in [2.05, 4.69) is 39.1 Å². The fourth-order valence-corrected chi connectivity index (χ4v) is 3.79. The Morgan fingerprint density at radius 1 is 1.50 bits per heavy atom. The van der Waals surface area contributed by atoms with E-state index in [-0.39, 0.29) is 12.0 Å². The summed E-state index contributed by atoms with van der Waals surface area (Å²) in [7, 11) is 1.47. The number of carbonyl (C=O) groups is 1. The summed E-state index contributed by atoms with van der Waals surface area (Å²) in [4.78, 5) is 11.8. The maximum absolute atomic E-state index is 11.8. The van der Waals surface area contributed by atoms with Crippen molar-refractivity contribution in [2.45, 2.75) is 53.0 Å². The summed E-state index contributed by atoms with van der Waals surface area (Å²) in [5, 5.41) is 3.42. The predicted molar refractivity (Wildman–Crippen MR) is 81.3 cm³/mol. The summed E-state index contributed by atoms with van der Waals surface area (Å²) in [6, 6.07) is -0.179. The van der Waals surface area contributed by atoms with Crippen molar-refractivity contribution in [2.24, 2.45) is 23.2 Å². The number of rotatable bonds is 6. The Balaban J connectivity index is 1.93. The van der Waals surface area contributed by atoms with E-state index in [0.717, 1.165) is 18.9 Å². The molecule has 3 aliphatic rings. The van der Waals surface area contributed by atoms with Gasteiger partial charge in [0.25, 0.3) is 0 Å². The molecule has 0 heterocycles. The highest BCUT2D eigenvalue weighted by Crippen LogP contribution is 2.58. The van der Waals surface area contributed by atoms with Crippen LogP contribution in [0.25, 0.3) is 0 Å². The molecule has 0 radical (unpaired) electrons. The molecule has 2 bridgehead atoms. The average Bonchev–Trinajstić information content (AvgIpc) is 2.42. The molecule has 114 valence electrons. The van der Waals surface area contributed by atoms with Gasteiger partial charge in [0.1, 0.15) is 6.04 Å². The number of hydrogen-bond donors (Lipinski definition) is 1. The number of methoxy groups -OCH3 is 1. The van der Waals surface area contributed by atoms with E-state index in [1.807, 2.05) is 0 Å². The van der Waals surface area contributed by atoms with Crippen LogP contribution in [0.15, 0.2) is 11.6 Å². The minimum absolute atomic E-state index is 0.138. The first-order valence-corrected chi connectivity index (χ1v) is 7.86. The molecule has 0 aromatic heterocycles. The van der Waals surface area contributed by atoms with Crippen molar-refractivity contribution in [3.05, 3.63) is 11.6 Å². The van der Waals surface area contributed by atoms with E-state index in [0.29, 0.717) is 17.3 Å². The minimum Gasteiger partial charge on any atom is -0.468 e. The lowest BCUT2D eigenvalue weighted by Gasteiger charge is -2.56. The van der Waals surface area contributed by atoms with Gasteiger partial charge in [-0.3, -0.25) is 4.79 Å². The predicted octanol–water partition coefficient (Wildman–Crippen LogP) is 3.16. The van der Waals surface area contributed by atoms with E-state index in [1.54, 1.807) is 0 Å². The number of fused-ring (bicyclic) bond motifs is 1. The number of allylic oxidation sites excluding steroid dienone is 1. The van der Waals surface area contributed by atoms with E-state index in [4.69, 9.17) is 4.74 Å². The maximum Gasteiger partial charge on any atom is 0.322 e. The SMILES string of the molecule is COC(=O)C(CC(C)C)NCC1=CCC2CC1C2(C)C. The molecule has 3 heteroatoms. The number of hydrogen-bond acceptors (Lipinski definition) is 3.